The Hall–Kier alpha value is -3.28. The standard InChI is InChI=1S/C20H17NO5/c22-17(13-5-6-18-19(9-13)25-8-7-24-18)12-26-20(23)10-14-11-21-16-4-2-1-3-15(14)16/h1-6,9,11,21H,7-8,10,12H2. The number of H-pyrrole nitrogens is 1. The van der Waals surface area contributed by atoms with Gasteiger partial charge in [-0.25, -0.2) is 0 Å². The number of Topliss-reactive ketones (excluding diaryl/α,β-unsaturated/α-hetero) is 1. The lowest BCUT2D eigenvalue weighted by Gasteiger charge is -2.18. The van der Waals surface area contributed by atoms with E-state index in [1.165, 1.54) is 0 Å². The first-order chi connectivity index (χ1) is 12.7. The number of carbonyl (C=O) groups excluding carboxylic acids is 2. The van der Waals surface area contributed by atoms with Crippen molar-refractivity contribution in [2.24, 2.45) is 0 Å². The molecule has 0 saturated carbocycles. The number of fused-ring (bicyclic) bond motifs is 2. The van der Waals surface area contributed by atoms with E-state index in [9.17, 15) is 9.59 Å². The van der Waals surface area contributed by atoms with Crippen LogP contribution >= 0.6 is 0 Å². The van der Waals surface area contributed by atoms with Crippen LogP contribution in [0.15, 0.2) is 48.7 Å². The van der Waals surface area contributed by atoms with Crippen molar-refractivity contribution in [2.45, 2.75) is 6.42 Å². The minimum Gasteiger partial charge on any atom is -0.486 e. The second-order valence-corrected chi connectivity index (χ2v) is 5.98. The maximum absolute atomic E-state index is 12.3. The summed E-state index contributed by atoms with van der Waals surface area (Å²) in [6, 6.07) is 12.7. The van der Waals surface area contributed by atoms with Crippen LogP contribution in [0.25, 0.3) is 10.9 Å². The van der Waals surface area contributed by atoms with Crippen molar-refractivity contribution in [1.29, 1.82) is 0 Å². The quantitative estimate of drug-likeness (QED) is 0.565. The highest BCUT2D eigenvalue weighted by Crippen LogP contribution is 2.30. The van der Waals surface area contributed by atoms with Gasteiger partial charge in [0.15, 0.2) is 23.9 Å². The molecule has 6 heteroatoms. The Morgan fingerprint density at radius 1 is 1.04 bits per heavy atom. The molecule has 0 aliphatic carbocycles. The Morgan fingerprint density at radius 2 is 1.85 bits per heavy atom. The van der Waals surface area contributed by atoms with Crippen LogP contribution in [0.3, 0.4) is 0 Å². The van der Waals surface area contributed by atoms with Crippen LogP contribution in [0.2, 0.25) is 0 Å². The van der Waals surface area contributed by atoms with Gasteiger partial charge in [0.2, 0.25) is 0 Å². The number of rotatable bonds is 5. The smallest absolute Gasteiger partial charge is 0.310 e. The molecule has 4 rings (SSSR count). The van der Waals surface area contributed by atoms with E-state index in [4.69, 9.17) is 14.2 Å². The van der Waals surface area contributed by atoms with Gasteiger partial charge in [-0.15, -0.1) is 0 Å². The van der Waals surface area contributed by atoms with E-state index in [-0.39, 0.29) is 18.8 Å². The molecular weight excluding hydrogens is 334 g/mol. The number of hydrogen-bond acceptors (Lipinski definition) is 5. The molecule has 2 aromatic carbocycles. The molecule has 1 aromatic heterocycles. The summed E-state index contributed by atoms with van der Waals surface area (Å²) in [5.41, 5.74) is 2.23. The van der Waals surface area contributed by atoms with Crippen molar-refractivity contribution in [3.8, 4) is 11.5 Å². The van der Waals surface area contributed by atoms with Crippen molar-refractivity contribution in [1.82, 2.24) is 4.98 Å². The summed E-state index contributed by atoms with van der Waals surface area (Å²) in [6.45, 7) is 0.636. The van der Waals surface area contributed by atoms with E-state index >= 15 is 0 Å². The Morgan fingerprint density at radius 3 is 2.73 bits per heavy atom. The SMILES string of the molecule is O=C(Cc1c[nH]c2ccccc12)OCC(=O)c1ccc2c(c1)OCCO2. The van der Waals surface area contributed by atoms with Gasteiger partial charge in [0.1, 0.15) is 13.2 Å². The molecule has 0 spiro atoms. The fourth-order valence-electron chi connectivity index (χ4n) is 2.93. The van der Waals surface area contributed by atoms with Gasteiger partial charge in [-0.1, -0.05) is 18.2 Å². The average molecular weight is 351 g/mol. The van der Waals surface area contributed by atoms with Gasteiger partial charge in [0, 0.05) is 22.7 Å². The van der Waals surface area contributed by atoms with Crippen molar-refractivity contribution < 1.29 is 23.8 Å². The van der Waals surface area contributed by atoms with Gasteiger partial charge in [-0.2, -0.15) is 0 Å². The molecule has 26 heavy (non-hydrogen) atoms. The van der Waals surface area contributed by atoms with Crippen molar-refractivity contribution in [3.05, 3.63) is 59.8 Å². The van der Waals surface area contributed by atoms with Crippen LogP contribution in [0.1, 0.15) is 15.9 Å². The normalized spacial score (nSPS) is 12.8. The number of nitrogens with one attached hydrogen (secondary N) is 1. The predicted octanol–water partition coefficient (Wildman–Crippen LogP) is 2.91. The Kier molecular flexibility index (Phi) is 4.31. The second kappa shape index (κ2) is 6.92. The summed E-state index contributed by atoms with van der Waals surface area (Å²) in [5.74, 6) is 0.422. The van der Waals surface area contributed by atoms with Crippen LogP contribution in [0, 0.1) is 0 Å². The molecule has 1 N–H and O–H groups in total. The maximum atomic E-state index is 12.3. The first-order valence-electron chi connectivity index (χ1n) is 8.34. The zero-order valence-electron chi connectivity index (χ0n) is 14.0. The minimum atomic E-state index is -0.444. The van der Waals surface area contributed by atoms with Gasteiger partial charge >= 0.3 is 5.97 Å². The Bertz CT molecular complexity index is 975. The number of benzene rings is 2. The van der Waals surface area contributed by atoms with Crippen molar-refractivity contribution >= 4 is 22.7 Å². The van der Waals surface area contributed by atoms with Crippen LogP contribution < -0.4 is 9.47 Å². The molecule has 2 heterocycles. The zero-order valence-corrected chi connectivity index (χ0v) is 14.0. The highest BCUT2D eigenvalue weighted by atomic mass is 16.6. The molecule has 6 nitrogen and oxygen atoms in total. The molecule has 0 amide bonds. The molecular formula is C20H17NO5. The molecule has 0 saturated heterocycles. The maximum Gasteiger partial charge on any atom is 0.310 e. The lowest BCUT2D eigenvalue weighted by Crippen LogP contribution is -2.18. The van der Waals surface area contributed by atoms with Crippen LogP contribution in [0.4, 0.5) is 0 Å². The highest BCUT2D eigenvalue weighted by Gasteiger charge is 2.17. The van der Waals surface area contributed by atoms with Gasteiger partial charge < -0.3 is 19.2 Å². The predicted molar refractivity (Wildman–Crippen MR) is 94.7 cm³/mol. The second-order valence-electron chi connectivity index (χ2n) is 5.98. The lowest BCUT2D eigenvalue weighted by molar-refractivity contribution is -0.141. The summed E-state index contributed by atoms with van der Waals surface area (Å²) in [6.07, 6.45) is 1.90. The fraction of sp³-hybridized carbons (Fsp3) is 0.200. The molecule has 0 bridgehead atoms. The van der Waals surface area contributed by atoms with Gasteiger partial charge in [-0.05, 0) is 29.8 Å². The molecule has 0 radical (unpaired) electrons. The van der Waals surface area contributed by atoms with E-state index in [0.29, 0.717) is 30.3 Å². The number of para-hydroxylation sites is 1. The zero-order chi connectivity index (χ0) is 17.9. The third-order valence-corrected chi connectivity index (χ3v) is 4.24. The lowest BCUT2D eigenvalue weighted by atomic mass is 10.1. The van der Waals surface area contributed by atoms with Gasteiger partial charge in [-0.3, -0.25) is 9.59 Å². The van der Waals surface area contributed by atoms with E-state index < -0.39 is 5.97 Å². The van der Waals surface area contributed by atoms with Crippen LogP contribution in [-0.4, -0.2) is 36.6 Å². The summed E-state index contributed by atoms with van der Waals surface area (Å²) in [7, 11) is 0. The topological polar surface area (TPSA) is 77.6 Å². The summed E-state index contributed by atoms with van der Waals surface area (Å²) in [5, 5.41) is 0.975. The molecule has 0 atom stereocenters. The highest BCUT2D eigenvalue weighted by molar-refractivity contribution is 5.98. The third-order valence-electron chi connectivity index (χ3n) is 4.24. The van der Waals surface area contributed by atoms with E-state index in [1.54, 1.807) is 24.4 Å². The number of aromatic amines is 1. The largest absolute Gasteiger partial charge is 0.486 e. The Labute approximate surface area is 149 Å². The minimum absolute atomic E-state index is 0.110. The van der Waals surface area contributed by atoms with Gasteiger partial charge in [0.25, 0.3) is 0 Å². The number of carbonyl (C=O) groups is 2. The Balaban J connectivity index is 1.37. The van der Waals surface area contributed by atoms with Crippen molar-refractivity contribution in [2.75, 3.05) is 19.8 Å². The van der Waals surface area contributed by atoms with E-state index in [1.807, 2.05) is 24.3 Å². The number of esters is 1. The summed E-state index contributed by atoms with van der Waals surface area (Å²) in [4.78, 5) is 27.5. The fourth-order valence-corrected chi connectivity index (χ4v) is 2.93. The van der Waals surface area contributed by atoms with Gasteiger partial charge in [0.05, 0.1) is 6.42 Å². The summed E-state index contributed by atoms with van der Waals surface area (Å²) >= 11 is 0. The molecule has 1 aliphatic rings. The van der Waals surface area contributed by atoms with E-state index in [0.717, 1.165) is 16.5 Å². The molecule has 132 valence electrons. The van der Waals surface area contributed by atoms with Crippen molar-refractivity contribution in [3.63, 3.8) is 0 Å². The first kappa shape index (κ1) is 16.2. The molecule has 0 unspecified atom stereocenters. The summed E-state index contributed by atoms with van der Waals surface area (Å²) < 4.78 is 16.0. The van der Waals surface area contributed by atoms with Crippen LogP contribution in [-0.2, 0) is 16.0 Å². The number of ether oxygens (including phenoxy) is 3. The van der Waals surface area contributed by atoms with Crippen LogP contribution in [0.5, 0.6) is 11.5 Å². The first-order valence-corrected chi connectivity index (χ1v) is 8.34. The van der Waals surface area contributed by atoms with E-state index in [2.05, 4.69) is 4.98 Å². The molecule has 1 aliphatic heterocycles. The average Bonchev–Trinajstić information content (AvgIpc) is 3.08. The number of aromatic nitrogens is 1. The third kappa shape index (κ3) is 3.26. The molecule has 3 aromatic rings. The number of ketones is 1. The monoisotopic (exact) mass is 351 g/mol. The molecule has 0 fully saturated rings. The number of hydrogen-bond donors (Lipinski definition) is 1.